The monoisotopic (exact) mass is 723 g/mol. The van der Waals surface area contributed by atoms with Gasteiger partial charge in [-0.05, 0) is 19.3 Å². The zero-order valence-electron chi connectivity index (χ0n) is 34.4. The van der Waals surface area contributed by atoms with Gasteiger partial charge < -0.3 is 14.2 Å². The zero-order chi connectivity index (χ0) is 37.3. The fourth-order valence-corrected chi connectivity index (χ4v) is 6.68. The molecule has 0 aliphatic heterocycles. The summed E-state index contributed by atoms with van der Waals surface area (Å²) in [6.07, 6.45) is 41.1. The van der Waals surface area contributed by atoms with Gasteiger partial charge in [0.15, 0.2) is 6.10 Å². The van der Waals surface area contributed by atoms with Gasteiger partial charge in [0.1, 0.15) is 13.2 Å². The molecule has 0 heterocycles. The number of hydrogen-bond acceptors (Lipinski definition) is 6. The summed E-state index contributed by atoms with van der Waals surface area (Å²) >= 11 is 0. The highest BCUT2D eigenvalue weighted by Gasteiger charge is 2.19. The van der Waals surface area contributed by atoms with Crippen LogP contribution in [0.25, 0.3) is 0 Å². The van der Waals surface area contributed by atoms with Crippen LogP contribution in [-0.4, -0.2) is 37.2 Å². The second-order valence-corrected chi connectivity index (χ2v) is 15.3. The third-order valence-corrected chi connectivity index (χ3v) is 10.1. The second-order valence-electron chi connectivity index (χ2n) is 15.3. The van der Waals surface area contributed by atoms with Crippen LogP contribution >= 0.6 is 0 Å². The van der Waals surface area contributed by atoms with Gasteiger partial charge in [-0.1, -0.05) is 213 Å². The van der Waals surface area contributed by atoms with E-state index < -0.39 is 6.10 Å². The molecular formula is C45H86O6. The Morgan fingerprint density at radius 1 is 0.314 bits per heavy atom. The Hall–Kier alpha value is -1.59. The Morgan fingerprint density at radius 2 is 0.529 bits per heavy atom. The average molecular weight is 723 g/mol. The zero-order valence-corrected chi connectivity index (χ0v) is 34.4. The maximum Gasteiger partial charge on any atom is 0.306 e. The van der Waals surface area contributed by atoms with E-state index in [1.807, 2.05) is 0 Å². The quantitative estimate of drug-likeness (QED) is 0.0355. The van der Waals surface area contributed by atoms with Gasteiger partial charge in [0.05, 0.1) is 0 Å². The first-order chi connectivity index (χ1) is 25.0. The molecule has 0 rings (SSSR count). The van der Waals surface area contributed by atoms with E-state index in [1.165, 1.54) is 154 Å². The fourth-order valence-electron chi connectivity index (χ4n) is 6.68. The molecule has 0 aromatic heterocycles. The maximum atomic E-state index is 12.6. The van der Waals surface area contributed by atoms with E-state index in [-0.39, 0.29) is 31.1 Å². The molecule has 0 aliphatic rings. The van der Waals surface area contributed by atoms with Crippen LogP contribution in [0.3, 0.4) is 0 Å². The van der Waals surface area contributed by atoms with Crippen LogP contribution in [-0.2, 0) is 28.6 Å². The minimum atomic E-state index is -0.756. The standard InChI is InChI=1S/C45H86O6/c1-4-7-10-13-16-18-20-21-22-23-24-25-26-28-29-32-35-38-44(47)50-41-42(40-49-43(46)37-34-31-15-12-9-6-3)51-45(48)39-36-33-30-27-19-17-14-11-8-5-2/h42H,4-41H2,1-3H3. The summed E-state index contributed by atoms with van der Waals surface area (Å²) in [5, 5.41) is 0. The van der Waals surface area contributed by atoms with Crippen LogP contribution in [0.15, 0.2) is 0 Å². The summed E-state index contributed by atoms with van der Waals surface area (Å²) in [5.74, 6) is -0.864. The molecule has 51 heavy (non-hydrogen) atoms. The molecule has 0 N–H and O–H groups in total. The summed E-state index contributed by atoms with van der Waals surface area (Å²) in [6.45, 7) is 6.58. The highest BCUT2D eigenvalue weighted by Crippen LogP contribution is 2.16. The molecule has 0 fully saturated rings. The molecular weight excluding hydrogens is 636 g/mol. The second kappa shape index (κ2) is 41.2. The van der Waals surface area contributed by atoms with Crippen molar-refractivity contribution in [1.82, 2.24) is 0 Å². The molecule has 0 spiro atoms. The van der Waals surface area contributed by atoms with Gasteiger partial charge in [0, 0.05) is 19.3 Å². The van der Waals surface area contributed by atoms with Crippen molar-refractivity contribution in [3.05, 3.63) is 0 Å². The summed E-state index contributed by atoms with van der Waals surface area (Å²) in [6, 6.07) is 0. The van der Waals surface area contributed by atoms with Crippen LogP contribution in [0.2, 0.25) is 0 Å². The molecule has 1 atom stereocenters. The number of ether oxygens (including phenoxy) is 3. The Bertz CT molecular complexity index is 753. The van der Waals surface area contributed by atoms with E-state index in [0.717, 1.165) is 57.8 Å². The molecule has 0 bridgehead atoms. The van der Waals surface area contributed by atoms with Crippen LogP contribution in [0.4, 0.5) is 0 Å². The van der Waals surface area contributed by atoms with Gasteiger partial charge in [-0.25, -0.2) is 0 Å². The van der Waals surface area contributed by atoms with Gasteiger partial charge in [-0.2, -0.15) is 0 Å². The fraction of sp³-hybridized carbons (Fsp3) is 0.933. The van der Waals surface area contributed by atoms with Crippen molar-refractivity contribution in [3.63, 3.8) is 0 Å². The highest BCUT2D eigenvalue weighted by atomic mass is 16.6. The first-order valence-electron chi connectivity index (χ1n) is 22.5. The van der Waals surface area contributed by atoms with Gasteiger partial charge >= 0.3 is 17.9 Å². The predicted octanol–water partition coefficient (Wildman–Crippen LogP) is 14.1. The van der Waals surface area contributed by atoms with E-state index >= 15 is 0 Å². The van der Waals surface area contributed by atoms with Crippen LogP contribution < -0.4 is 0 Å². The Labute approximate surface area is 317 Å². The lowest BCUT2D eigenvalue weighted by Crippen LogP contribution is -2.30. The number of esters is 3. The lowest BCUT2D eigenvalue weighted by atomic mass is 10.0. The summed E-state index contributed by atoms with van der Waals surface area (Å²) in [5.41, 5.74) is 0. The maximum absolute atomic E-state index is 12.6. The molecule has 0 saturated heterocycles. The number of hydrogen-bond donors (Lipinski definition) is 0. The summed E-state index contributed by atoms with van der Waals surface area (Å²) in [4.78, 5) is 37.4. The van der Waals surface area contributed by atoms with E-state index in [0.29, 0.717) is 19.3 Å². The lowest BCUT2D eigenvalue weighted by molar-refractivity contribution is -0.167. The molecule has 1 unspecified atom stereocenters. The highest BCUT2D eigenvalue weighted by molar-refractivity contribution is 5.71. The Kier molecular flexibility index (Phi) is 39.9. The number of carbonyl (C=O) groups excluding carboxylic acids is 3. The molecule has 0 saturated carbocycles. The van der Waals surface area contributed by atoms with Gasteiger partial charge in [0.2, 0.25) is 0 Å². The molecule has 6 nitrogen and oxygen atoms in total. The smallest absolute Gasteiger partial charge is 0.306 e. The van der Waals surface area contributed by atoms with E-state index in [9.17, 15) is 14.4 Å². The molecule has 0 aromatic carbocycles. The van der Waals surface area contributed by atoms with Gasteiger partial charge in [-0.3, -0.25) is 14.4 Å². The molecule has 302 valence electrons. The SMILES string of the molecule is CCCCCCCCCCCCCCCCCCCC(=O)OCC(COC(=O)CCCCCCCC)OC(=O)CCCCCCCCCCCC. The Morgan fingerprint density at radius 3 is 0.784 bits per heavy atom. The predicted molar refractivity (Wildman–Crippen MR) is 215 cm³/mol. The van der Waals surface area contributed by atoms with Crippen molar-refractivity contribution in [2.24, 2.45) is 0 Å². The lowest BCUT2D eigenvalue weighted by Gasteiger charge is -2.18. The van der Waals surface area contributed by atoms with E-state index in [2.05, 4.69) is 20.8 Å². The van der Waals surface area contributed by atoms with Gasteiger partial charge in [-0.15, -0.1) is 0 Å². The number of rotatable bonds is 41. The van der Waals surface area contributed by atoms with E-state index in [4.69, 9.17) is 14.2 Å². The van der Waals surface area contributed by atoms with Crippen molar-refractivity contribution in [2.75, 3.05) is 13.2 Å². The molecule has 0 aliphatic carbocycles. The van der Waals surface area contributed by atoms with Crippen LogP contribution in [0.1, 0.15) is 252 Å². The third-order valence-electron chi connectivity index (χ3n) is 10.1. The third kappa shape index (κ3) is 39.5. The normalized spacial score (nSPS) is 11.8. The van der Waals surface area contributed by atoms with Crippen LogP contribution in [0, 0.1) is 0 Å². The van der Waals surface area contributed by atoms with E-state index in [1.54, 1.807) is 0 Å². The van der Waals surface area contributed by atoms with Crippen molar-refractivity contribution < 1.29 is 28.6 Å². The average Bonchev–Trinajstić information content (AvgIpc) is 3.13. The number of carbonyl (C=O) groups is 3. The Balaban J connectivity index is 4.16. The molecule has 0 radical (unpaired) electrons. The first kappa shape index (κ1) is 49.4. The molecule has 0 amide bonds. The first-order valence-corrected chi connectivity index (χ1v) is 22.5. The number of unbranched alkanes of at least 4 members (excludes halogenated alkanes) is 30. The summed E-state index contributed by atoms with van der Waals surface area (Å²) < 4.78 is 16.6. The molecule has 0 aromatic rings. The van der Waals surface area contributed by atoms with Crippen LogP contribution in [0.5, 0.6) is 0 Å². The minimum Gasteiger partial charge on any atom is -0.462 e. The minimum absolute atomic E-state index is 0.0636. The van der Waals surface area contributed by atoms with Gasteiger partial charge in [0.25, 0.3) is 0 Å². The topological polar surface area (TPSA) is 78.9 Å². The van der Waals surface area contributed by atoms with Crippen molar-refractivity contribution >= 4 is 17.9 Å². The largest absolute Gasteiger partial charge is 0.462 e. The van der Waals surface area contributed by atoms with Crippen molar-refractivity contribution in [3.8, 4) is 0 Å². The summed E-state index contributed by atoms with van der Waals surface area (Å²) in [7, 11) is 0. The molecule has 6 heteroatoms. The van der Waals surface area contributed by atoms with Crippen molar-refractivity contribution in [1.29, 1.82) is 0 Å². The van der Waals surface area contributed by atoms with Crippen molar-refractivity contribution in [2.45, 2.75) is 258 Å².